The lowest BCUT2D eigenvalue weighted by molar-refractivity contribution is 0.166. The first-order chi connectivity index (χ1) is 10.0. The molecule has 0 aliphatic carbocycles. The number of nitrogens with one attached hydrogen (secondary N) is 2. The molecule has 1 heterocycles. The molecule has 2 rings (SSSR count). The number of urea groups is 1. The van der Waals surface area contributed by atoms with Gasteiger partial charge in [-0.25, -0.2) is 9.78 Å². The summed E-state index contributed by atoms with van der Waals surface area (Å²) in [6.45, 7) is 3.51. The largest absolute Gasteiger partial charge is 0.394 e. The summed E-state index contributed by atoms with van der Waals surface area (Å²) in [6.07, 6.45) is 0. The summed E-state index contributed by atoms with van der Waals surface area (Å²) in [4.78, 5) is 17.7. The van der Waals surface area contributed by atoms with Crippen molar-refractivity contribution < 1.29 is 9.90 Å². The van der Waals surface area contributed by atoms with Crippen molar-refractivity contribution in [3.05, 3.63) is 30.1 Å². The predicted molar refractivity (Wildman–Crippen MR) is 79.9 cm³/mol. The third kappa shape index (κ3) is 3.57. The maximum Gasteiger partial charge on any atom is 0.321 e. The van der Waals surface area contributed by atoms with Crippen LogP contribution in [0.25, 0.3) is 11.4 Å². The standard InChI is InChI=1S/C14H19N5O2/c1-9(8-20)19(3)14(21)16-12-6-4-5-11(7-12)13-15-10(2)17-18-13/h4-7,9,20H,8H2,1-3H3,(H,16,21)(H,15,17,18). The van der Waals surface area contributed by atoms with Crippen molar-refractivity contribution in [2.75, 3.05) is 19.0 Å². The maximum absolute atomic E-state index is 12.0. The number of anilines is 1. The zero-order chi connectivity index (χ0) is 15.4. The van der Waals surface area contributed by atoms with Crippen molar-refractivity contribution in [1.82, 2.24) is 20.1 Å². The molecule has 2 aromatic rings. The second kappa shape index (κ2) is 6.36. The first kappa shape index (κ1) is 15.0. The van der Waals surface area contributed by atoms with E-state index in [-0.39, 0.29) is 18.7 Å². The molecule has 1 aromatic heterocycles. The summed E-state index contributed by atoms with van der Waals surface area (Å²) in [7, 11) is 1.64. The van der Waals surface area contributed by atoms with Crippen molar-refractivity contribution in [3.8, 4) is 11.4 Å². The fraction of sp³-hybridized carbons (Fsp3) is 0.357. The lowest BCUT2D eigenvalue weighted by atomic mass is 10.2. The molecule has 1 atom stereocenters. The molecule has 0 aliphatic rings. The van der Waals surface area contributed by atoms with Gasteiger partial charge in [-0.15, -0.1) is 0 Å². The number of rotatable bonds is 4. The van der Waals surface area contributed by atoms with Crippen molar-refractivity contribution >= 4 is 11.7 Å². The minimum atomic E-state index is -0.278. The molecule has 0 saturated carbocycles. The highest BCUT2D eigenvalue weighted by molar-refractivity contribution is 5.90. The maximum atomic E-state index is 12.0. The number of likely N-dealkylation sites (N-methyl/N-ethyl adjacent to an activating group) is 1. The number of aliphatic hydroxyl groups excluding tert-OH is 1. The van der Waals surface area contributed by atoms with Crippen molar-refractivity contribution in [2.24, 2.45) is 0 Å². The van der Waals surface area contributed by atoms with Crippen LogP contribution in [0.3, 0.4) is 0 Å². The Bertz CT molecular complexity index is 625. The Morgan fingerprint density at radius 1 is 1.52 bits per heavy atom. The van der Waals surface area contributed by atoms with Gasteiger partial charge < -0.3 is 15.3 Å². The van der Waals surface area contributed by atoms with E-state index in [1.165, 1.54) is 4.90 Å². The van der Waals surface area contributed by atoms with Crippen molar-refractivity contribution in [1.29, 1.82) is 0 Å². The molecule has 0 fully saturated rings. The Hall–Kier alpha value is -2.41. The van der Waals surface area contributed by atoms with Gasteiger partial charge in [0.15, 0.2) is 5.82 Å². The Morgan fingerprint density at radius 3 is 2.90 bits per heavy atom. The second-order valence-corrected chi connectivity index (χ2v) is 4.90. The van der Waals surface area contributed by atoms with Gasteiger partial charge in [0, 0.05) is 18.3 Å². The first-order valence-electron chi connectivity index (χ1n) is 6.65. The highest BCUT2D eigenvalue weighted by Crippen LogP contribution is 2.19. The number of aromatic nitrogens is 3. The Labute approximate surface area is 123 Å². The molecule has 0 aliphatic heterocycles. The Balaban J connectivity index is 2.13. The number of carbonyl (C=O) groups is 1. The number of H-pyrrole nitrogens is 1. The van der Waals surface area contributed by atoms with E-state index in [1.54, 1.807) is 26.1 Å². The highest BCUT2D eigenvalue weighted by Gasteiger charge is 2.15. The average molecular weight is 289 g/mol. The van der Waals surface area contributed by atoms with E-state index in [1.807, 2.05) is 19.1 Å². The third-order valence-electron chi connectivity index (χ3n) is 3.21. The third-order valence-corrected chi connectivity index (χ3v) is 3.21. The zero-order valence-electron chi connectivity index (χ0n) is 12.3. The number of aliphatic hydroxyl groups is 1. The van der Waals surface area contributed by atoms with Crippen LogP contribution in [-0.2, 0) is 0 Å². The number of hydrogen-bond acceptors (Lipinski definition) is 4. The molecule has 1 aromatic carbocycles. The van der Waals surface area contributed by atoms with Gasteiger partial charge in [-0.2, -0.15) is 5.10 Å². The summed E-state index contributed by atoms with van der Waals surface area (Å²) in [5.41, 5.74) is 1.46. The first-order valence-corrected chi connectivity index (χ1v) is 6.65. The van der Waals surface area contributed by atoms with Gasteiger partial charge in [-0.3, -0.25) is 5.10 Å². The van der Waals surface area contributed by atoms with Crippen LogP contribution >= 0.6 is 0 Å². The quantitative estimate of drug-likeness (QED) is 0.797. The summed E-state index contributed by atoms with van der Waals surface area (Å²) >= 11 is 0. The molecule has 7 nitrogen and oxygen atoms in total. The second-order valence-electron chi connectivity index (χ2n) is 4.90. The molecule has 7 heteroatoms. The van der Waals surface area contributed by atoms with Crippen LogP contribution in [0, 0.1) is 6.92 Å². The fourth-order valence-corrected chi connectivity index (χ4v) is 1.74. The minimum absolute atomic E-state index is 0.0829. The number of hydrogen-bond donors (Lipinski definition) is 3. The molecule has 3 N–H and O–H groups in total. The summed E-state index contributed by atoms with van der Waals surface area (Å²) in [6, 6.07) is 6.77. The SMILES string of the molecule is Cc1nc(-c2cccc(NC(=O)N(C)C(C)CO)c2)n[nH]1. The van der Waals surface area contributed by atoms with E-state index in [9.17, 15) is 4.79 Å². The molecule has 21 heavy (non-hydrogen) atoms. The van der Waals surface area contributed by atoms with Crippen LogP contribution in [-0.4, -0.2) is 50.9 Å². The smallest absolute Gasteiger partial charge is 0.321 e. The van der Waals surface area contributed by atoms with Crippen LogP contribution in [0.1, 0.15) is 12.7 Å². The van der Waals surface area contributed by atoms with Gasteiger partial charge in [0.1, 0.15) is 5.82 Å². The molecular weight excluding hydrogens is 270 g/mol. The average Bonchev–Trinajstić information content (AvgIpc) is 2.92. The summed E-state index contributed by atoms with van der Waals surface area (Å²) in [5, 5.41) is 18.7. The number of aromatic amines is 1. The van der Waals surface area contributed by atoms with E-state index < -0.39 is 0 Å². The van der Waals surface area contributed by atoms with Crippen LogP contribution in [0.15, 0.2) is 24.3 Å². The van der Waals surface area contributed by atoms with Crippen LogP contribution in [0.5, 0.6) is 0 Å². The molecular formula is C14H19N5O2. The summed E-state index contributed by atoms with van der Waals surface area (Å²) < 4.78 is 0. The van der Waals surface area contributed by atoms with E-state index in [2.05, 4.69) is 20.5 Å². The highest BCUT2D eigenvalue weighted by atomic mass is 16.3. The van der Waals surface area contributed by atoms with Gasteiger partial charge >= 0.3 is 6.03 Å². The molecule has 0 radical (unpaired) electrons. The Morgan fingerprint density at radius 2 is 2.29 bits per heavy atom. The number of carbonyl (C=O) groups excluding carboxylic acids is 1. The summed E-state index contributed by atoms with van der Waals surface area (Å²) in [5.74, 6) is 1.32. The molecule has 112 valence electrons. The number of benzene rings is 1. The molecule has 2 amide bonds. The zero-order valence-corrected chi connectivity index (χ0v) is 12.3. The van der Waals surface area contributed by atoms with Gasteiger partial charge in [0.25, 0.3) is 0 Å². The van der Waals surface area contributed by atoms with Crippen LogP contribution < -0.4 is 5.32 Å². The number of amides is 2. The molecule has 1 unspecified atom stereocenters. The predicted octanol–water partition coefficient (Wildman–Crippen LogP) is 1.62. The number of nitrogens with zero attached hydrogens (tertiary/aromatic N) is 3. The van der Waals surface area contributed by atoms with Gasteiger partial charge in [0.05, 0.1) is 12.6 Å². The van der Waals surface area contributed by atoms with E-state index in [0.717, 1.165) is 11.4 Å². The fourth-order valence-electron chi connectivity index (χ4n) is 1.74. The van der Waals surface area contributed by atoms with Crippen molar-refractivity contribution in [3.63, 3.8) is 0 Å². The van der Waals surface area contributed by atoms with Gasteiger partial charge in [-0.05, 0) is 26.0 Å². The molecule has 0 saturated heterocycles. The van der Waals surface area contributed by atoms with Gasteiger partial charge in [-0.1, -0.05) is 12.1 Å². The minimum Gasteiger partial charge on any atom is -0.394 e. The Kier molecular flexibility index (Phi) is 4.54. The van der Waals surface area contributed by atoms with E-state index in [0.29, 0.717) is 11.5 Å². The monoisotopic (exact) mass is 289 g/mol. The normalized spacial score (nSPS) is 12.0. The van der Waals surface area contributed by atoms with E-state index in [4.69, 9.17) is 5.11 Å². The molecule has 0 spiro atoms. The molecule has 0 bridgehead atoms. The van der Waals surface area contributed by atoms with Crippen LogP contribution in [0.4, 0.5) is 10.5 Å². The lowest BCUT2D eigenvalue weighted by Crippen LogP contribution is -2.40. The van der Waals surface area contributed by atoms with Crippen molar-refractivity contribution in [2.45, 2.75) is 19.9 Å². The lowest BCUT2D eigenvalue weighted by Gasteiger charge is -2.23. The van der Waals surface area contributed by atoms with Crippen LogP contribution in [0.2, 0.25) is 0 Å². The van der Waals surface area contributed by atoms with E-state index >= 15 is 0 Å². The number of aryl methyl sites for hydroxylation is 1. The van der Waals surface area contributed by atoms with Gasteiger partial charge in [0.2, 0.25) is 0 Å². The topological polar surface area (TPSA) is 94.1 Å².